The summed E-state index contributed by atoms with van der Waals surface area (Å²) in [6, 6.07) is -0.433. The highest BCUT2D eigenvalue weighted by molar-refractivity contribution is 5.66. The summed E-state index contributed by atoms with van der Waals surface area (Å²) in [5.41, 5.74) is 0. The maximum Gasteiger partial charge on any atom is 0.574 e. The average molecular weight is 320 g/mol. The van der Waals surface area contributed by atoms with Crippen molar-refractivity contribution in [1.82, 2.24) is 14.9 Å². The van der Waals surface area contributed by atoms with Crippen LogP contribution < -0.4 is 9.64 Å². The van der Waals surface area contributed by atoms with Gasteiger partial charge in [0.15, 0.2) is 0 Å². The molecule has 0 aromatic carbocycles. The zero-order chi connectivity index (χ0) is 16.5. The first-order valence-corrected chi connectivity index (χ1v) is 6.51. The lowest BCUT2D eigenvalue weighted by atomic mass is 10.1. The van der Waals surface area contributed by atoms with Crippen molar-refractivity contribution in [3.63, 3.8) is 0 Å². The van der Waals surface area contributed by atoms with E-state index in [1.165, 1.54) is 11.1 Å². The van der Waals surface area contributed by atoms with Crippen LogP contribution in [0, 0.1) is 0 Å². The molecule has 2 atom stereocenters. The summed E-state index contributed by atoms with van der Waals surface area (Å²) in [6.45, 7) is 4.21. The van der Waals surface area contributed by atoms with Crippen molar-refractivity contribution in [2.45, 2.75) is 32.3 Å². The topological polar surface area (TPSA) is 78.8 Å². The molecular formula is C12H15F3N4O3. The number of hydrogen-bond acceptors (Lipinski definition) is 5. The monoisotopic (exact) mass is 320 g/mol. The van der Waals surface area contributed by atoms with Gasteiger partial charge in [0.1, 0.15) is 5.82 Å². The lowest BCUT2D eigenvalue weighted by Gasteiger charge is -2.43. The molecule has 1 aromatic heterocycles. The molecule has 0 unspecified atom stereocenters. The summed E-state index contributed by atoms with van der Waals surface area (Å²) in [5, 5.41) is 9.08. The quantitative estimate of drug-likeness (QED) is 0.897. The Balaban J connectivity index is 2.10. The van der Waals surface area contributed by atoms with Crippen LogP contribution in [0.25, 0.3) is 0 Å². The van der Waals surface area contributed by atoms with Crippen LogP contribution in [0.2, 0.25) is 0 Å². The fourth-order valence-corrected chi connectivity index (χ4v) is 2.34. The third-order valence-corrected chi connectivity index (χ3v) is 3.36. The summed E-state index contributed by atoms with van der Waals surface area (Å²) in [7, 11) is 0. The number of carbonyl (C=O) groups is 1. The van der Waals surface area contributed by atoms with Crippen molar-refractivity contribution < 1.29 is 27.8 Å². The smallest absolute Gasteiger partial charge is 0.465 e. The van der Waals surface area contributed by atoms with E-state index in [1.807, 2.05) is 6.92 Å². The average Bonchev–Trinajstić information content (AvgIpc) is 2.40. The van der Waals surface area contributed by atoms with Crippen molar-refractivity contribution in [2.24, 2.45) is 0 Å². The Bertz CT molecular complexity index is 537. The van der Waals surface area contributed by atoms with Crippen LogP contribution in [-0.4, -0.2) is 57.6 Å². The van der Waals surface area contributed by atoms with Crippen LogP contribution in [0.1, 0.15) is 13.8 Å². The van der Waals surface area contributed by atoms with Crippen molar-refractivity contribution in [2.75, 3.05) is 18.0 Å². The molecule has 1 aliphatic rings. The van der Waals surface area contributed by atoms with Gasteiger partial charge in [0.05, 0.1) is 12.4 Å². The van der Waals surface area contributed by atoms with E-state index in [0.29, 0.717) is 12.4 Å². The van der Waals surface area contributed by atoms with Gasteiger partial charge in [-0.2, -0.15) is 0 Å². The Morgan fingerprint density at radius 2 is 1.95 bits per heavy atom. The molecule has 0 spiro atoms. The van der Waals surface area contributed by atoms with Gasteiger partial charge in [-0.1, -0.05) is 0 Å². The molecule has 0 aliphatic carbocycles. The Kier molecular flexibility index (Phi) is 4.29. The number of rotatable bonds is 2. The largest absolute Gasteiger partial charge is 0.574 e. The van der Waals surface area contributed by atoms with E-state index in [1.54, 1.807) is 11.8 Å². The highest BCUT2D eigenvalue weighted by Crippen LogP contribution is 2.24. The molecule has 7 nitrogen and oxygen atoms in total. The number of amides is 1. The van der Waals surface area contributed by atoms with Gasteiger partial charge >= 0.3 is 12.5 Å². The van der Waals surface area contributed by atoms with Gasteiger partial charge in [-0.05, 0) is 13.8 Å². The first-order chi connectivity index (χ1) is 10.2. The van der Waals surface area contributed by atoms with Crippen LogP contribution in [-0.2, 0) is 0 Å². The second kappa shape index (κ2) is 5.85. The summed E-state index contributed by atoms with van der Waals surface area (Å²) >= 11 is 0. The van der Waals surface area contributed by atoms with Crippen molar-refractivity contribution in [1.29, 1.82) is 0 Å². The molecule has 0 saturated carbocycles. The molecule has 0 bridgehead atoms. The first kappa shape index (κ1) is 16.1. The van der Waals surface area contributed by atoms with Gasteiger partial charge in [0.2, 0.25) is 5.88 Å². The number of alkyl halides is 3. The Morgan fingerprint density at radius 1 is 1.27 bits per heavy atom. The lowest BCUT2D eigenvalue weighted by Crippen LogP contribution is -2.58. The maximum absolute atomic E-state index is 12.1. The minimum absolute atomic E-state index is 0.170. The molecule has 1 fully saturated rings. The van der Waals surface area contributed by atoms with Gasteiger partial charge in [-0.3, -0.25) is 0 Å². The minimum atomic E-state index is -4.81. The predicted molar refractivity (Wildman–Crippen MR) is 69.7 cm³/mol. The van der Waals surface area contributed by atoms with Gasteiger partial charge in [0, 0.05) is 25.2 Å². The maximum atomic E-state index is 12.1. The second-order valence-electron chi connectivity index (χ2n) is 5.05. The van der Waals surface area contributed by atoms with E-state index < -0.39 is 18.3 Å². The molecule has 122 valence electrons. The number of anilines is 1. The molecule has 2 heterocycles. The van der Waals surface area contributed by atoms with Crippen LogP contribution >= 0.6 is 0 Å². The minimum Gasteiger partial charge on any atom is -0.465 e. The van der Waals surface area contributed by atoms with Gasteiger partial charge in [-0.25, -0.2) is 14.8 Å². The van der Waals surface area contributed by atoms with Crippen molar-refractivity contribution in [3.05, 3.63) is 12.4 Å². The molecule has 1 saturated heterocycles. The first-order valence-electron chi connectivity index (χ1n) is 6.51. The van der Waals surface area contributed by atoms with Crippen LogP contribution in [0.15, 0.2) is 12.4 Å². The summed E-state index contributed by atoms with van der Waals surface area (Å²) < 4.78 is 39.9. The van der Waals surface area contributed by atoms with Gasteiger partial charge in [-0.15, -0.1) is 13.2 Å². The van der Waals surface area contributed by atoms with Crippen LogP contribution in [0.3, 0.4) is 0 Å². The number of hydrogen-bond donors (Lipinski definition) is 1. The lowest BCUT2D eigenvalue weighted by molar-refractivity contribution is -0.276. The number of halogens is 3. The molecule has 2 rings (SSSR count). The van der Waals surface area contributed by atoms with E-state index in [9.17, 15) is 18.0 Å². The Labute approximate surface area is 124 Å². The molecule has 10 heteroatoms. The normalized spacial score (nSPS) is 22.6. The SMILES string of the molecule is C[C@@H]1CN(c2cnc(OC(F)(F)F)cn2)[C@H](C)CN1C(=O)O. The fraction of sp³-hybridized carbons (Fsp3) is 0.583. The predicted octanol–water partition coefficient (Wildman–Crippen LogP) is 1.95. The van der Waals surface area contributed by atoms with E-state index >= 15 is 0 Å². The van der Waals surface area contributed by atoms with E-state index in [-0.39, 0.29) is 18.6 Å². The summed E-state index contributed by atoms with van der Waals surface area (Å²) in [4.78, 5) is 21.7. The Hall–Kier alpha value is -2.26. The van der Waals surface area contributed by atoms with E-state index in [4.69, 9.17) is 5.11 Å². The zero-order valence-corrected chi connectivity index (χ0v) is 11.9. The van der Waals surface area contributed by atoms with E-state index in [2.05, 4.69) is 14.7 Å². The molecule has 1 aromatic rings. The Morgan fingerprint density at radius 3 is 2.45 bits per heavy atom. The molecule has 22 heavy (non-hydrogen) atoms. The summed E-state index contributed by atoms with van der Waals surface area (Å²) in [5.74, 6) is -0.264. The molecule has 1 aliphatic heterocycles. The molecular weight excluding hydrogens is 305 g/mol. The molecule has 1 amide bonds. The van der Waals surface area contributed by atoms with Crippen LogP contribution in [0.5, 0.6) is 5.88 Å². The number of nitrogens with zero attached hydrogens (tertiary/aromatic N) is 4. The van der Waals surface area contributed by atoms with Gasteiger partial charge in [0.25, 0.3) is 0 Å². The number of aromatic nitrogens is 2. The highest BCUT2D eigenvalue weighted by Gasteiger charge is 2.34. The standard InChI is InChI=1S/C12H15F3N4O3/c1-7-6-19(11(20)21)8(2)5-18(7)9-3-17-10(4-16-9)22-12(13,14)15/h3-4,7-8H,5-6H2,1-2H3,(H,20,21)/t7-,8-/m1/s1. The number of piperazine rings is 1. The molecule has 0 radical (unpaired) electrons. The zero-order valence-electron chi connectivity index (χ0n) is 11.9. The van der Waals surface area contributed by atoms with E-state index in [0.717, 1.165) is 6.20 Å². The van der Waals surface area contributed by atoms with Crippen molar-refractivity contribution >= 4 is 11.9 Å². The third-order valence-electron chi connectivity index (χ3n) is 3.36. The number of carboxylic acid groups (broad SMARTS) is 1. The second-order valence-corrected chi connectivity index (χ2v) is 5.05. The van der Waals surface area contributed by atoms with Gasteiger partial charge < -0.3 is 19.6 Å². The fourth-order valence-electron chi connectivity index (χ4n) is 2.34. The highest BCUT2D eigenvalue weighted by atomic mass is 19.4. The van der Waals surface area contributed by atoms with Crippen molar-refractivity contribution in [3.8, 4) is 5.88 Å². The number of ether oxygens (including phenoxy) is 1. The molecule has 1 N–H and O–H groups in total. The van der Waals surface area contributed by atoms with Crippen LogP contribution in [0.4, 0.5) is 23.8 Å². The third kappa shape index (κ3) is 3.68. The summed E-state index contributed by atoms with van der Waals surface area (Å²) in [6.07, 6.45) is -3.74.